The molecule has 94 valence electrons. The third-order valence-electron chi connectivity index (χ3n) is 3.26. The first-order valence-corrected chi connectivity index (χ1v) is 6.24. The van der Waals surface area contributed by atoms with Crippen molar-refractivity contribution in [2.75, 3.05) is 6.54 Å². The van der Waals surface area contributed by atoms with Gasteiger partial charge in [0.05, 0.1) is 12.2 Å². The molecule has 1 amide bonds. The van der Waals surface area contributed by atoms with Crippen LogP contribution in [0.4, 0.5) is 0 Å². The minimum atomic E-state index is -0.108. The van der Waals surface area contributed by atoms with Crippen molar-refractivity contribution >= 4 is 5.91 Å². The Bertz CT molecular complexity index is 401. The second-order valence-corrected chi connectivity index (χ2v) is 4.53. The summed E-state index contributed by atoms with van der Waals surface area (Å²) in [6.45, 7) is 5.72. The van der Waals surface area contributed by atoms with Gasteiger partial charge in [-0.15, -0.1) is 0 Å². The Morgan fingerprint density at radius 3 is 2.88 bits per heavy atom. The van der Waals surface area contributed by atoms with Crippen LogP contribution in [-0.4, -0.2) is 33.2 Å². The molecule has 5 heteroatoms. The number of carbonyl (C=O) groups excluding carboxylic acids is 1. The van der Waals surface area contributed by atoms with Gasteiger partial charge in [0.2, 0.25) is 5.91 Å². The SMILES string of the molecule is CCCN1C(=O)C[C@H](N)[C@H]1c1cnn(CC)c1. The summed E-state index contributed by atoms with van der Waals surface area (Å²) in [4.78, 5) is 13.7. The van der Waals surface area contributed by atoms with Crippen LogP contribution in [0.25, 0.3) is 0 Å². The van der Waals surface area contributed by atoms with Crippen molar-refractivity contribution in [2.24, 2.45) is 5.73 Å². The van der Waals surface area contributed by atoms with Gasteiger partial charge in [-0.05, 0) is 13.3 Å². The lowest BCUT2D eigenvalue weighted by Gasteiger charge is -2.25. The zero-order valence-electron chi connectivity index (χ0n) is 10.5. The van der Waals surface area contributed by atoms with Crippen LogP contribution in [0.1, 0.15) is 38.3 Å². The molecule has 1 fully saturated rings. The van der Waals surface area contributed by atoms with Gasteiger partial charge >= 0.3 is 0 Å². The topological polar surface area (TPSA) is 64.2 Å². The molecule has 0 saturated carbocycles. The molecule has 0 aliphatic carbocycles. The van der Waals surface area contributed by atoms with Gasteiger partial charge in [0.25, 0.3) is 0 Å². The third kappa shape index (κ3) is 2.20. The molecule has 1 aliphatic rings. The summed E-state index contributed by atoms with van der Waals surface area (Å²) in [5.41, 5.74) is 7.13. The van der Waals surface area contributed by atoms with Gasteiger partial charge in [-0.25, -0.2) is 0 Å². The highest BCUT2D eigenvalue weighted by Gasteiger charge is 2.38. The molecule has 0 bridgehead atoms. The van der Waals surface area contributed by atoms with Crippen LogP contribution in [0.2, 0.25) is 0 Å². The highest BCUT2D eigenvalue weighted by molar-refractivity contribution is 5.80. The molecular weight excluding hydrogens is 216 g/mol. The van der Waals surface area contributed by atoms with Gasteiger partial charge < -0.3 is 10.6 Å². The quantitative estimate of drug-likeness (QED) is 0.845. The van der Waals surface area contributed by atoms with Crippen LogP contribution < -0.4 is 5.73 Å². The summed E-state index contributed by atoms with van der Waals surface area (Å²) in [6.07, 6.45) is 5.22. The standard InChI is InChI=1S/C12H20N4O/c1-3-5-16-11(17)6-10(13)12(16)9-7-14-15(4-2)8-9/h7-8,10,12H,3-6,13H2,1-2H3/t10-,12+/m0/s1. The maximum Gasteiger partial charge on any atom is 0.224 e. The van der Waals surface area contributed by atoms with E-state index in [2.05, 4.69) is 12.0 Å². The minimum absolute atomic E-state index is 0.00255. The summed E-state index contributed by atoms with van der Waals surface area (Å²) < 4.78 is 1.87. The first-order chi connectivity index (χ1) is 8.17. The lowest BCUT2D eigenvalue weighted by Crippen LogP contribution is -2.33. The predicted molar refractivity (Wildman–Crippen MR) is 65.2 cm³/mol. The lowest BCUT2D eigenvalue weighted by atomic mass is 10.0. The molecule has 2 atom stereocenters. The molecule has 0 unspecified atom stereocenters. The lowest BCUT2D eigenvalue weighted by molar-refractivity contribution is -0.129. The molecule has 0 aromatic carbocycles. The molecule has 1 saturated heterocycles. The summed E-state index contributed by atoms with van der Waals surface area (Å²) in [7, 11) is 0. The first kappa shape index (κ1) is 12.1. The Kier molecular flexibility index (Phi) is 3.47. The Labute approximate surface area is 102 Å². The van der Waals surface area contributed by atoms with Gasteiger partial charge in [0, 0.05) is 37.3 Å². The highest BCUT2D eigenvalue weighted by atomic mass is 16.2. The summed E-state index contributed by atoms with van der Waals surface area (Å²) >= 11 is 0. The number of nitrogens with two attached hydrogens (primary N) is 1. The molecule has 0 radical (unpaired) electrons. The van der Waals surface area contributed by atoms with Crippen molar-refractivity contribution < 1.29 is 4.79 Å². The molecular formula is C12H20N4O. The summed E-state index contributed by atoms with van der Waals surface area (Å²) in [5.74, 6) is 0.161. The van der Waals surface area contributed by atoms with Gasteiger partial charge in [-0.3, -0.25) is 9.48 Å². The number of likely N-dealkylation sites (tertiary alicyclic amines) is 1. The van der Waals surface area contributed by atoms with Crippen LogP contribution in [0.3, 0.4) is 0 Å². The largest absolute Gasteiger partial charge is 0.334 e. The fourth-order valence-electron chi connectivity index (χ4n) is 2.45. The smallest absolute Gasteiger partial charge is 0.224 e. The number of aryl methyl sites for hydroxylation is 1. The number of hydrogen-bond acceptors (Lipinski definition) is 3. The molecule has 5 nitrogen and oxygen atoms in total. The molecule has 1 aromatic rings. The molecule has 0 spiro atoms. The Morgan fingerprint density at radius 2 is 2.29 bits per heavy atom. The van der Waals surface area contributed by atoms with E-state index in [1.54, 1.807) is 0 Å². The van der Waals surface area contributed by atoms with Crippen molar-refractivity contribution in [1.82, 2.24) is 14.7 Å². The summed E-state index contributed by atoms with van der Waals surface area (Å²) in [5, 5.41) is 4.26. The van der Waals surface area contributed by atoms with Crippen LogP contribution in [0.5, 0.6) is 0 Å². The van der Waals surface area contributed by atoms with Crippen molar-refractivity contribution in [3.05, 3.63) is 18.0 Å². The molecule has 17 heavy (non-hydrogen) atoms. The van der Waals surface area contributed by atoms with Crippen molar-refractivity contribution in [3.8, 4) is 0 Å². The summed E-state index contributed by atoms with van der Waals surface area (Å²) in [6, 6.07) is -0.105. The monoisotopic (exact) mass is 236 g/mol. The first-order valence-electron chi connectivity index (χ1n) is 6.24. The molecule has 2 heterocycles. The maximum absolute atomic E-state index is 11.9. The van der Waals surface area contributed by atoms with Gasteiger partial charge in [0.15, 0.2) is 0 Å². The second-order valence-electron chi connectivity index (χ2n) is 4.53. The number of carbonyl (C=O) groups is 1. The average molecular weight is 236 g/mol. The number of aromatic nitrogens is 2. The Hall–Kier alpha value is -1.36. The molecule has 2 N–H and O–H groups in total. The van der Waals surface area contributed by atoms with Crippen LogP contribution in [-0.2, 0) is 11.3 Å². The number of amides is 1. The average Bonchev–Trinajstić information content (AvgIpc) is 2.85. The van der Waals surface area contributed by atoms with Crippen LogP contribution in [0, 0.1) is 0 Å². The number of nitrogens with zero attached hydrogens (tertiary/aromatic N) is 3. The highest BCUT2D eigenvalue weighted by Crippen LogP contribution is 2.31. The fraction of sp³-hybridized carbons (Fsp3) is 0.667. The Morgan fingerprint density at radius 1 is 1.53 bits per heavy atom. The molecule has 1 aliphatic heterocycles. The second kappa shape index (κ2) is 4.87. The van der Waals surface area contributed by atoms with E-state index in [-0.39, 0.29) is 18.0 Å². The van der Waals surface area contributed by atoms with Crippen molar-refractivity contribution in [2.45, 2.75) is 45.3 Å². The van der Waals surface area contributed by atoms with Gasteiger partial charge in [-0.1, -0.05) is 6.92 Å². The van der Waals surface area contributed by atoms with E-state index in [0.717, 1.165) is 25.1 Å². The van der Waals surface area contributed by atoms with E-state index in [9.17, 15) is 4.79 Å². The fourth-order valence-corrected chi connectivity index (χ4v) is 2.45. The van der Waals surface area contributed by atoms with Crippen molar-refractivity contribution in [1.29, 1.82) is 0 Å². The van der Waals surface area contributed by atoms with E-state index in [0.29, 0.717) is 6.42 Å². The molecule has 2 rings (SSSR count). The normalized spacial score (nSPS) is 24.6. The van der Waals surface area contributed by atoms with E-state index in [1.807, 2.05) is 28.9 Å². The van der Waals surface area contributed by atoms with E-state index < -0.39 is 0 Å². The van der Waals surface area contributed by atoms with Crippen molar-refractivity contribution in [3.63, 3.8) is 0 Å². The van der Waals surface area contributed by atoms with Gasteiger partial charge in [0.1, 0.15) is 0 Å². The number of rotatable bonds is 4. The maximum atomic E-state index is 11.9. The predicted octanol–water partition coefficient (Wildman–Crippen LogP) is 0.914. The van der Waals surface area contributed by atoms with Crippen LogP contribution in [0.15, 0.2) is 12.4 Å². The van der Waals surface area contributed by atoms with E-state index in [4.69, 9.17) is 5.73 Å². The van der Waals surface area contributed by atoms with E-state index in [1.165, 1.54) is 0 Å². The Balaban J connectivity index is 2.24. The minimum Gasteiger partial charge on any atom is -0.334 e. The zero-order valence-corrected chi connectivity index (χ0v) is 10.5. The zero-order chi connectivity index (χ0) is 12.4. The third-order valence-corrected chi connectivity index (χ3v) is 3.26. The van der Waals surface area contributed by atoms with Crippen LogP contribution >= 0.6 is 0 Å². The molecule has 1 aromatic heterocycles. The number of hydrogen-bond donors (Lipinski definition) is 1. The van der Waals surface area contributed by atoms with Gasteiger partial charge in [-0.2, -0.15) is 5.10 Å². The van der Waals surface area contributed by atoms with E-state index >= 15 is 0 Å².